The molecular weight excluding hydrogens is 228 g/mol. The number of aromatic nitrogens is 1. The predicted octanol–water partition coefficient (Wildman–Crippen LogP) is 1.06. The number of hydrogen-bond donors (Lipinski definition) is 1. The highest BCUT2D eigenvalue weighted by molar-refractivity contribution is 5.72. The summed E-state index contributed by atoms with van der Waals surface area (Å²) in [6.45, 7) is 2.58. The Bertz CT molecular complexity index is 387. The van der Waals surface area contributed by atoms with Gasteiger partial charge >= 0.3 is 6.03 Å². The molecule has 1 aliphatic rings. The number of pyridine rings is 1. The van der Waals surface area contributed by atoms with Gasteiger partial charge in [-0.3, -0.25) is 4.98 Å². The Morgan fingerprint density at radius 2 is 2.28 bits per heavy atom. The summed E-state index contributed by atoms with van der Waals surface area (Å²) < 4.78 is 0. The number of hydrogen-bond acceptors (Lipinski definition) is 3. The van der Waals surface area contributed by atoms with Crippen molar-refractivity contribution in [3.05, 3.63) is 30.1 Å². The molecule has 0 saturated carbocycles. The van der Waals surface area contributed by atoms with Crippen LogP contribution in [0.15, 0.2) is 24.5 Å². The minimum atomic E-state index is -0.339. The highest BCUT2D eigenvalue weighted by atomic mass is 16.2. The van der Waals surface area contributed by atoms with Crippen LogP contribution in [0.5, 0.6) is 0 Å². The van der Waals surface area contributed by atoms with Crippen LogP contribution < -0.4 is 5.73 Å². The third-order valence-corrected chi connectivity index (χ3v) is 3.49. The Morgan fingerprint density at radius 3 is 2.83 bits per heavy atom. The Morgan fingerprint density at radius 1 is 1.56 bits per heavy atom. The van der Waals surface area contributed by atoms with Crippen molar-refractivity contribution in [2.75, 3.05) is 20.1 Å². The normalized spacial score (nSPS) is 17.6. The molecule has 2 N–H and O–H groups in total. The summed E-state index contributed by atoms with van der Waals surface area (Å²) in [5.41, 5.74) is 6.53. The number of amides is 2. The zero-order valence-electron chi connectivity index (χ0n) is 10.7. The molecule has 0 unspecified atom stereocenters. The third kappa shape index (κ3) is 3.20. The van der Waals surface area contributed by atoms with E-state index in [1.54, 1.807) is 17.3 Å². The van der Waals surface area contributed by atoms with Gasteiger partial charge in [0.2, 0.25) is 0 Å². The van der Waals surface area contributed by atoms with E-state index < -0.39 is 0 Å². The molecule has 0 spiro atoms. The van der Waals surface area contributed by atoms with Gasteiger partial charge in [0.05, 0.1) is 0 Å². The van der Waals surface area contributed by atoms with Gasteiger partial charge in [-0.15, -0.1) is 0 Å². The minimum absolute atomic E-state index is 0.249. The molecule has 0 radical (unpaired) electrons. The van der Waals surface area contributed by atoms with Crippen molar-refractivity contribution in [3.63, 3.8) is 0 Å². The number of likely N-dealkylation sites (tertiary alicyclic amines) is 1. The lowest BCUT2D eigenvalue weighted by Gasteiger charge is -2.36. The van der Waals surface area contributed by atoms with Crippen LogP contribution >= 0.6 is 0 Å². The van der Waals surface area contributed by atoms with Crippen LogP contribution in [-0.4, -0.2) is 47.0 Å². The second-order valence-electron chi connectivity index (χ2n) is 4.86. The van der Waals surface area contributed by atoms with Crippen LogP contribution in [0.25, 0.3) is 0 Å². The van der Waals surface area contributed by atoms with Crippen LogP contribution in [0.1, 0.15) is 18.4 Å². The van der Waals surface area contributed by atoms with Crippen molar-refractivity contribution in [3.8, 4) is 0 Å². The molecule has 18 heavy (non-hydrogen) atoms. The molecule has 2 amide bonds. The number of primary amides is 1. The highest BCUT2D eigenvalue weighted by Gasteiger charge is 2.25. The van der Waals surface area contributed by atoms with Crippen molar-refractivity contribution in [1.82, 2.24) is 14.8 Å². The van der Waals surface area contributed by atoms with Crippen LogP contribution in [0.3, 0.4) is 0 Å². The maximum Gasteiger partial charge on any atom is 0.315 e. The molecule has 1 aromatic rings. The zero-order chi connectivity index (χ0) is 13.0. The molecule has 5 nitrogen and oxygen atoms in total. The minimum Gasteiger partial charge on any atom is -0.351 e. The summed E-state index contributed by atoms with van der Waals surface area (Å²) in [7, 11) is 2.10. The van der Waals surface area contributed by atoms with E-state index in [4.69, 9.17) is 5.73 Å². The topological polar surface area (TPSA) is 62.5 Å². The molecule has 98 valence electrons. The number of rotatable bonds is 3. The summed E-state index contributed by atoms with van der Waals surface area (Å²) in [4.78, 5) is 19.7. The zero-order valence-corrected chi connectivity index (χ0v) is 10.7. The van der Waals surface area contributed by atoms with Crippen molar-refractivity contribution in [1.29, 1.82) is 0 Å². The number of carbonyl (C=O) groups excluding carboxylic acids is 1. The fourth-order valence-electron chi connectivity index (χ4n) is 2.38. The molecule has 1 saturated heterocycles. The monoisotopic (exact) mass is 248 g/mol. The first-order valence-corrected chi connectivity index (χ1v) is 6.30. The Hall–Kier alpha value is -1.62. The molecule has 5 heteroatoms. The average molecular weight is 248 g/mol. The third-order valence-electron chi connectivity index (χ3n) is 3.49. The summed E-state index contributed by atoms with van der Waals surface area (Å²) >= 11 is 0. The Labute approximate surface area is 108 Å². The van der Waals surface area contributed by atoms with Gasteiger partial charge in [-0.1, -0.05) is 6.07 Å². The first-order valence-electron chi connectivity index (χ1n) is 6.30. The summed E-state index contributed by atoms with van der Waals surface area (Å²) in [6.07, 6.45) is 5.48. The second kappa shape index (κ2) is 5.82. The van der Waals surface area contributed by atoms with E-state index in [1.165, 1.54) is 0 Å². The lowest BCUT2D eigenvalue weighted by molar-refractivity contribution is 0.133. The first-order chi connectivity index (χ1) is 8.66. The molecule has 1 fully saturated rings. The highest BCUT2D eigenvalue weighted by Crippen LogP contribution is 2.17. The van der Waals surface area contributed by atoms with Crippen molar-refractivity contribution < 1.29 is 4.79 Å². The smallest absolute Gasteiger partial charge is 0.315 e. The fraction of sp³-hybridized carbons (Fsp3) is 0.538. The molecule has 0 atom stereocenters. The molecule has 2 rings (SSSR count). The van der Waals surface area contributed by atoms with Gasteiger partial charge in [-0.25, -0.2) is 4.79 Å². The van der Waals surface area contributed by atoms with Crippen LogP contribution in [-0.2, 0) is 6.54 Å². The first kappa shape index (κ1) is 12.8. The van der Waals surface area contributed by atoms with Crippen LogP contribution in [0.2, 0.25) is 0 Å². The number of nitrogens with zero attached hydrogens (tertiary/aromatic N) is 3. The van der Waals surface area contributed by atoms with Crippen LogP contribution in [0, 0.1) is 0 Å². The average Bonchev–Trinajstić information content (AvgIpc) is 2.38. The maximum atomic E-state index is 11.6. The van der Waals surface area contributed by atoms with E-state index in [9.17, 15) is 4.79 Å². The van der Waals surface area contributed by atoms with Crippen molar-refractivity contribution in [2.24, 2.45) is 5.73 Å². The molecule has 0 aliphatic carbocycles. The number of carbonyl (C=O) groups is 1. The molecule has 1 aromatic heterocycles. The van der Waals surface area contributed by atoms with Gasteiger partial charge in [-0.2, -0.15) is 0 Å². The fourth-order valence-corrected chi connectivity index (χ4v) is 2.38. The lowest BCUT2D eigenvalue weighted by atomic mass is 10.0. The van der Waals surface area contributed by atoms with Gasteiger partial charge in [0, 0.05) is 25.0 Å². The Balaban J connectivity index is 2.02. The largest absolute Gasteiger partial charge is 0.351 e. The lowest BCUT2D eigenvalue weighted by Crippen LogP contribution is -2.48. The molecular formula is C13H20N4O. The SMILES string of the molecule is CN1CCC(N(Cc2cccnc2)C(N)=O)CC1. The summed E-state index contributed by atoms with van der Waals surface area (Å²) in [6, 6.07) is 3.76. The van der Waals surface area contributed by atoms with E-state index in [0.29, 0.717) is 6.54 Å². The van der Waals surface area contributed by atoms with Gasteiger partial charge < -0.3 is 15.5 Å². The number of nitrogens with two attached hydrogens (primary N) is 1. The van der Waals surface area contributed by atoms with Gasteiger partial charge in [0.15, 0.2) is 0 Å². The molecule has 0 bridgehead atoms. The summed E-state index contributed by atoms with van der Waals surface area (Å²) in [5.74, 6) is 0. The van der Waals surface area contributed by atoms with Crippen molar-refractivity contribution >= 4 is 6.03 Å². The van der Waals surface area contributed by atoms with E-state index in [1.807, 2.05) is 12.1 Å². The van der Waals surface area contributed by atoms with E-state index >= 15 is 0 Å². The molecule has 1 aliphatic heterocycles. The number of urea groups is 1. The quantitative estimate of drug-likeness (QED) is 0.870. The standard InChI is InChI=1S/C13H20N4O/c1-16-7-4-12(5-8-16)17(13(14)18)10-11-3-2-6-15-9-11/h2-3,6,9,12H,4-5,7-8,10H2,1H3,(H2,14,18). The van der Waals surface area contributed by atoms with Crippen molar-refractivity contribution in [2.45, 2.75) is 25.4 Å². The molecule has 0 aromatic carbocycles. The predicted molar refractivity (Wildman–Crippen MR) is 69.9 cm³/mol. The maximum absolute atomic E-state index is 11.6. The van der Waals surface area contributed by atoms with Gasteiger partial charge in [0.25, 0.3) is 0 Å². The second-order valence-corrected chi connectivity index (χ2v) is 4.86. The van der Waals surface area contributed by atoms with E-state index in [-0.39, 0.29) is 12.1 Å². The summed E-state index contributed by atoms with van der Waals surface area (Å²) in [5, 5.41) is 0. The van der Waals surface area contributed by atoms with Crippen LogP contribution in [0.4, 0.5) is 4.79 Å². The number of piperidine rings is 1. The van der Waals surface area contributed by atoms with Gasteiger partial charge in [-0.05, 0) is 44.6 Å². The van der Waals surface area contributed by atoms with Gasteiger partial charge in [0.1, 0.15) is 0 Å². The Kier molecular flexibility index (Phi) is 4.15. The molecule has 2 heterocycles. The van der Waals surface area contributed by atoms with E-state index in [0.717, 1.165) is 31.5 Å². The van der Waals surface area contributed by atoms with E-state index in [2.05, 4.69) is 16.9 Å².